The molecule has 1 saturated carbocycles. The molecule has 1 atom stereocenters. The molecule has 178 valence electrons. The normalized spacial score (nSPS) is 15.1. The van der Waals surface area contributed by atoms with Crippen LogP contribution in [0.25, 0.3) is 0 Å². The molecule has 2 aromatic rings. The SMILES string of the molecule is Cc1cc(C)c(C)c(OCC(=O)N(Cc2ccccc2F)C(C)C(=O)NC2CCCCC2)c1. The third-order valence-electron chi connectivity index (χ3n) is 6.53. The second-order valence-electron chi connectivity index (χ2n) is 9.13. The number of halogens is 1. The highest BCUT2D eigenvalue weighted by molar-refractivity contribution is 5.88. The summed E-state index contributed by atoms with van der Waals surface area (Å²) in [6, 6.07) is 9.68. The zero-order valence-electron chi connectivity index (χ0n) is 20.1. The molecule has 2 aromatic carbocycles. The molecule has 1 unspecified atom stereocenters. The van der Waals surface area contributed by atoms with Gasteiger partial charge in [-0.25, -0.2) is 4.39 Å². The molecule has 3 rings (SSSR count). The van der Waals surface area contributed by atoms with E-state index in [-0.39, 0.29) is 31.0 Å². The minimum atomic E-state index is -0.747. The number of hydrogen-bond acceptors (Lipinski definition) is 3. The fourth-order valence-corrected chi connectivity index (χ4v) is 4.33. The molecular weight excluding hydrogens is 419 g/mol. The smallest absolute Gasteiger partial charge is 0.261 e. The molecule has 1 aliphatic carbocycles. The van der Waals surface area contributed by atoms with Gasteiger partial charge < -0.3 is 15.0 Å². The Morgan fingerprint density at radius 1 is 1.12 bits per heavy atom. The van der Waals surface area contributed by atoms with E-state index in [9.17, 15) is 14.0 Å². The summed E-state index contributed by atoms with van der Waals surface area (Å²) in [4.78, 5) is 27.7. The molecular formula is C27H35FN2O3. The van der Waals surface area contributed by atoms with Gasteiger partial charge in [0.25, 0.3) is 5.91 Å². The summed E-state index contributed by atoms with van der Waals surface area (Å²) in [5.74, 6) is -0.329. The maximum Gasteiger partial charge on any atom is 0.261 e. The van der Waals surface area contributed by atoms with Gasteiger partial charge in [-0.2, -0.15) is 0 Å². The van der Waals surface area contributed by atoms with Crippen molar-refractivity contribution in [2.24, 2.45) is 0 Å². The predicted octanol–water partition coefficient (Wildman–Crippen LogP) is 5.00. The van der Waals surface area contributed by atoms with E-state index in [1.807, 2.05) is 26.8 Å². The third-order valence-corrected chi connectivity index (χ3v) is 6.53. The van der Waals surface area contributed by atoms with Crippen molar-refractivity contribution in [1.29, 1.82) is 0 Å². The average Bonchev–Trinajstić information content (AvgIpc) is 2.80. The number of aryl methyl sites for hydroxylation is 2. The molecule has 0 aromatic heterocycles. The molecule has 5 nitrogen and oxygen atoms in total. The van der Waals surface area contributed by atoms with Crippen LogP contribution in [-0.4, -0.2) is 35.4 Å². The largest absolute Gasteiger partial charge is 0.483 e. The van der Waals surface area contributed by atoms with Gasteiger partial charge in [0.2, 0.25) is 5.91 Å². The second-order valence-corrected chi connectivity index (χ2v) is 9.13. The highest BCUT2D eigenvalue weighted by Gasteiger charge is 2.29. The summed E-state index contributed by atoms with van der Waals surface area (Å²) in [7, 11) is 0. The minimum Gasteiger partial charge on any atom is -0.483 e. The maximum absolute atomic E-state index is 14.4. The van der Waals surface area contributed by atoms with Crippen LogP contribution in [0.1, 0.15) is 61.3 Å². The Labute approximate surface area is 196 Å². The Balaban J connectivity index is 1.76. The Bertz CT molecular complexity index is 985. The molecule has 1 aliphatic rings. The fraction of sp³-hybridized carbons (Fsp3) is 0.481. The summed E-state index contributed by atoms with van der Waals surface area (Å²) >= 11 is 0. The van der Waals surface area contributed by atoms with Gasteiger partial charge in [-0.15, -0.1) is 0 Å². The van der Waals surface area contributed by atoms with Crippen LogP contribution in [0.3, 0.4) is 0 Å². The number of rotatable bonds is 8. The molecule has 1 fully saturated rings. The van der Waals surface area contributed by atoms with Crippen LogP contribution in [-0.2, 0) is 16.1 Å². The highest BCUT2D eigenvalue weighted by atomic mass is 19.1. The van der Waals surface area contributed by atoms with Gasteiger partial charge in [-0.1, -0.05) is 43.5 Å². The molecule has 0 radical (unpaired) electrons. The number of nitrogens with one attached hydrogen (secondary N) is 1. The lowest BCUT2D eigenvalue weighted by molar-refractivity contribution is -0.142. The van der Waals surface area contributed by atoms with Crippen LogP contribution in [0, 0.1) is 26.6 Å². The second kappa shape index (κ2) is 11.3. The number of hydrogen-bond donors (Lipinski definition) is 1. The van der Waals surface area contributed by atoms with E-state index in [2.05, 4.69) is 11.4 Å². The summed E-state index contributed by atoms with van der Waals surface area (Å²) in [5, 5.41) is 3.08. The van der Waals surface area contributed by atoms with Crippen LogP contribution >= 0.6 is 0 Å². The first-order valence-corrected chi connectivity index (χ1v) is 11.8. The van der Waals surface area contributed by atoms with Gasteiger partial charge in [-0.3, -0.25) is 9.59 Å². The van der Waals surface area contributed by atoms with E-state index in [0.29, 0.717) is 11.3 Å². The lowest BCUT2D eigenvalue weighted by atomic mass is 9.95. The monoisotopic (exact) mass is 454 g/mol. The Hall–Kier alpha value is -2.89. The first-order valence-electron chi connectivity index (χ1n) is 11.8. The first-order chi connectivity index (χ1) is 15.8. The van der Waals surface area contributed by atoms with Gasteiger partial charge in [-0.05, 0) is 69.4 Å². The first kappa shape index (κ1) is 24.7. The maximum atomic E-state index is 14.4. The molecule has 0 spiro atoms. The quantitative estimate of drug-likeness (QED) is 0.611. The highest BCUT2D eigenvalue weighted by Crippen LogP contribution is 2.24. The Kier molecular flexibility index (Phi) is 8.48. The van der Waals surface area contributed by atoms with Crippen molar-refractivity contribution in [1.82, 2.24) is 10.2 Å². The number of amides is 2. The van der Waals surface area contributed by atoms with Crippen LogP contribution < -0.4 is 10.1 Å². The summed E-state index contributed by atoms with van der Waals surface area (Å²) < 4.78 is 20.2. The van der Waals surface area contributed by atoms with Crippen molar-refractivity contribution < 1.29 is 18.7 Å². The summed E-state index contributed by atoms with van der Waals surface area (Å²) in [6.07, 6.45) is 5.29. The Morgan fingerprint density at radius 2 is 1.82 bits per heavy atom. The summed E-state index contributed by atoms with van der Waals surface area (Å²) in [6.45, 7) is 7.40. The van der Waals surface area contributed by atoms with Crippen molar-refractivity contribution in [3.05, 3.63) is 64.5 Å². The van der Waals surface area contributed by atoms with Crippen LogP contribution in [0.5, 0.6) is 5.75 Å². The van der Waals surface area contributed by atoms with E-state index >= 15 is 0 Å². The van der Waals surface area contributed by atoms with Crippen molar-refractivity contribution >= 4 is 11.8 Å². The minimum absolute atomic E-state index is 0.0000522. The molecule has 0 aliphatic heterocycles. The topological polar surface area (TPSA) is 58.6 Å². The molecule has 1 N–H and O–H groups in total. The van der Waals surface area contributed by atoms with Gasteiger partial charge in [0, 0.05) is 18.2 Å². The number of ether oxygens (including phenoxy) is 1. The van der Waals surface area contributed by atoms with E-state index in [0.717, 1.165) is 42.4 Å². The standard InChI is InChI=1S/C27H35FN2O3/c1-18-14-19(2)20(3)25(15-18)33-17-26(31)30(16-22-10-8-9-13-24(22)28)21(4)27(32)29-23-11-6-5-7-12-23/h8-10,13-15,21,23H,5-7,11-12,16-17H2,1-4H3,(H,29,32). The van der Waals surface area contributed by atoms with E-state index in [1.54, 1.807) is 25.1 Å². The lowest BCUT2D eigenvalue weighted by Gasteiger charge is -2.31. The van der Waals surface area contributed by atoms with Crippen molar-refractivity contribution in [3.8, 4) is 5.75 Å². The zero-order chi connectivity index (χ0) is 24.0. The van der Waals surface area contributed by atoms with Gasteiger partial charge >= 0.3 is 0 Å². The zero-order valence-corrected chi connectivity index (χ0v) is 20.1. The lowest BCUT2D eigenvalue weighted by Crippen LogP contribution is -2.51. The van der Waals surface area contributed by atoms with Gasteiger partial charge in [0.05, 0.1) is 0 Å². The average molecular weight is 455 g/mol. The Morgan fingerprint density at radius 3 is 2.52 bits per heavy atom. The molecule has 33 heavy (non-hydrogen) atoms. The molecule has 2 amide bonds. The molecule has 0 bridgehead atoms. The van der Waals surface area contributed by atoms with E-state index in [4.69, 9.17) is 4.74 Å². The van der Waals surface area contributed by atoms with Crippen molar-refractivity contribution in [2.75, 3.05) is 6.61 Å². The van der Waals surface area contributed by atoms with Crippen LogP contribution in [0.15, 0.2) is 36.4 Å². The van der Waals surface area contributed by atoms with Crippen molar-refractivity contribution in [2.45, 2.75) is 78.4 Å². The number of carbonyl (C=O) groups is 2. The van der Waals surface area contributed by atoms with Gasteiger partial charge in [0.15, 0.2) is 6.61 Å². The fourth-order valence-electron chi connectivity index (χ4n) is 4.33. The number of carbonyl (C=O) groups excluding carboxylic acids is 2. The van der Waals surface area contributed by atoms with Crippen LogP contribution in [0.2, 0.25) is 0 Å². The van der Waals surface area contributed by atoms with E-state index in [1.165, 1.54) is 17.4 Å². The number of nitrogens with zero attached hydrogens (tertiary/aromatic N) is 1. The molecule has 6 heteroatoms. The molecule has 0 saturated heterocycles. The van der Waals surface area contributed by atoms with Crippen molar-refractivity contribution in [3.63, 3.8) is 0 Å². The summed E-state index contributed by atoms with van der Waals surface area (Å²) in [5.41, 5.74) is 3.47. The third kappa shape index (κ3) is 6.56. The predicted molar refractivity (Wildman–Crippen MR) is 128 cm³/mol. The van der Waals surface area contributed by atoms with Gasteiger partial charge in [0.1, 0.15) is 17.6 Å². The van der Waals surface area contributed by atoms with E-state index < -0.39 is 11.9 Å². The molecule has 0 heterocycles. The number of benzene rings is 2. The van der Waals surface area contributed by atoms with Crippen LogP contribution in [0.4, 0.5) is 4.39 Å².